The number of carbonyl (C=O) groups excluding carboxylic acids is 2. The van der Waals surface area contributed by atoms with Crippen LogP contribution in [0.1, 0.15) is 19.4 Å². The molecule has 1 aromatic rings. The minimum absolute atomic E-state index is 0.169. The average molecular weight is 455 g/mol. The number of halogens is 3. The second-order valence-corrected chi connectivity index (χ2v) is 6.46. The van der Waals surface area contributed by atoms with Crippen molar-refractivity contribution in [1.29, 1.82) is 0 Å². The number of hydrogen-bond acceptors (Lipinski definition) is 4. The maximum atomic E-state index is 13.7. The van der Waals surface area contributed by atoms with Gasteiger partial charge in [-0.25, -0.2) is 14.0 Å². The van der Waals surface area contributed by atoms with Gasteiger partial charge in [0.15, 0.2) is 5.82 Å². The summed E-state index contributed by atoms with van der Waals surface area (Å²) in [6.07, 6.45) is 1.24. The Morgan fingerprint density at radius 2 is 1.80 bits per heavy atom. The molecule has 20 heavy (non-hydrogen) atoms. The first-order valence-corrected chi connectivity index (χ1v) is 7.40. The molecular formula is C13H9BrFIO4. The van der Waals surface area contributed by atoms with Gasteiger partial charge < -0.3 is 9.47 Å². The molecule has 0 bridgehead atoms. The van der Waals surface area contributed by atoms with E-state index >= 15 is 0 Å². The Labute approximate surface area is 136 Å². The highest BCUT2D eigenvalue weighted by Crippen LogP contribution is 2.29. The number of carbonyl (C=O) groups is 2. The molecule has 1 heterocycles. The Balaban J connectivity index is 2.44. The molecule has 0 aromatic heterocycles. The number of hydrogen-bond donors (Lipinski definition) is 0. The van der Waals surface area contributed by atoms with E-state index in [4.69, 9.17) is 9.47 Å². The fourth-order valence-corrected chi connectivity index (χ4v) is 2.87. The lowest BCUT2D eigenvalue weighted by atomic mass is 10.1. The molecule has 0 spiro atoms. The van der Waals surface area contributed by atoms with Crippen molar-refractivity contribution >= 4 is 56.5 Å². The maximum absolute atomic E-state index is 13.7. The van der Waals surface area contributed by atoms with Crippen LogP contribution in [0.5, 0.6) is 0 Å². The lowest BCUT2D eigenvalue weighted by Gasteiger charge is -2.29. The molecule has 0 aliphatic carbocycles. The molecule has 0 amide bonds. The largest absolute Gasteiger partial charge is 0.419 e. The van der Waals surface area contributed by atoms with Crippen LogP contribution in [0.3, 0.4) is 0 Å². The smallest absolute Gasteiger partial charge is 0.348 e. The van der Waals surface area contributed by atoms with Crippen LogP contribution in [-0.4, -0.2) is 17.7 Å². The molecule has 7 heteroatoms. The Hall–Kier alpha value is -0.960. The Morgan fingerprint density at radius 1 is 1.25 bits per heavy atom. The summed E-state index contributed by atoms with van der Waals surface area (Å²) in [4.78, 5) is 23.6. The maximum Gasteiger partial charge on any atom is 0.348 e. The second kappa shape index (κ2) is 5.44. The van der Waals surface area contributed by atoms with E-state index in [-0.39, 0.29) is 10.0 Å². The molecule has 0 atom stereocenters. The van der Waals surface area contributed by atoms with Crippen LogP contribution in [-0.2, 0) is 19.1 Å². The van der Waals surface area contributed by atoms with Gasteiger partial charge in [0, 0.05) is 17.4 Å². The fraction of sp³-hybridized carbons (Fsp3) is 0.231. The molecular weight excluding hydrogens is 446 g/mol. The Kier molecular flexibility index (Phi) is 4.19. The number of esters is 2. The highest BCUT2D eigenvalue weighted by atomic mass is 127. The van der Waals surface area contributed by atoms with Gasteiger partial charge in [0.1, 0.15) is 5.57 Å². The zero-order valence-electron chi connectivity index (χ0n) is 10.5. The zero-order chi connectivity index (χ0) is 15.1. The van der Waals surface area contributed by atoms with E-state index in [1.54, 1.807) is 6.07 Å². The molecule has 0 radical (unpaired) electrons. The monoisotopic (exact) mass is 454 g/mol. The first-order valence-electron chi connectivity index (χ1n) is 5.53. The SMILES string of the molecule is CC1(C)OC(=O)C(=Cc2ccc(I)c(F)c2Br)C(=O)O1. The van der Waals surface area contributed by atoms with Gasteiger partial charge in [-0.2, -0.15) is 0 Å². The number of cyclic esters (lactones) is 2. The number of benzene rings is 1. The molecule has 106 valence electrons. The normalized spacial score (nSPS) is 17.6. The average Bonchev–Trinajstić information content (AvgIpc) is 2.32. The molecule has 0 saturated carbocycles. The van der Waals surface area contributed by atoms with Crippen molar-refractivity contribution in [1.82, 2.24) is 0 Å². The Morgan fingerprint density at radius 3 is 2.35 bits per heavy atom. The molecule has 2 rings (SSSR count). The van der Waals surface area contributed by atoms with Gasteiger partial charge in [0.05, 0.1) is 4.47 Å². The van der Waals surface area contributed by atoms with Crippen LogP contribution in [0.2, 0.25) is 0 Å². The molecule has 1 fully saturated rings. The van der Waals surface area contributed by atoms with Crippen molar-refractivity contribution in [3.63, 3.8) is 0 Å². The van der Waals surface area contributed by atoms with E-state index in [0.717, 1.165) is 0 Å². The fourth-order valence-electron chi connectivity index (χ4n) is 1.59. The standard InChI is InChI=1S/C13H9BrFIO4/c1-13(2)19-11(17)7(12(18)20-13)5-6-3-4-8(16)10(15)9(6)14/h3-5H,1-2H3. The third-order valence-electron chi connectivity index (χ3n) is 2.48. The van der Waals surface area contributed by atoms with E-state index in [0.29, 0.717) is 9.13 Å². The van der Waals surface area contributed by atoms with Crippen LogP contribution >= 0.6 is 38.5 Å². The van der Waals surface area contributed by atoms with Crippen LogP contribution in [0, 0.1) is 9.39 Å². The van der Waals surface area contributed by atoms with E-state index in [1.165, 1.54) is 26.0 Å². The van der Waals surface area contributed by atoms with E-state index in [2.05, 4.69) is 15.9 Å². The molecule has 0 unspecified atom stereocenters. The lowest BCUT2D eigenvalue weighted by molar-refractivity contribution is -0.222. The molecule has 1 aromatic carbocycles. The molecule has 1 aliphatic rings. The van der Waals surface area contributed by atoms with Crippen molar-refractivity contribution in [3.05, 3.63) is 37.1 Å². The van der Waals surface area contributed by atoms with Crippen molar-refractivity contribution < 1.29 is 23.5 Å². The summed E-state index contributed by atoms with van der Waals surface area (Å²) in [6.45, 7) is 2.92. The van der Waals surface area contributed by atoms with Crippen molar-refractivity contribution in [3.8, 4) is 0 Å². The number of ether oxygens (including phenoxy) is 2. The summed E-state index contributed by atoms with van der Waals surface area (Å²) < 4.78 is 24.3. The quantitative estimate of drug-likeness (QED) is 0.214. The van der Waals surface area contributed by atoms with Gasteiger partial charge in [-0.15, -0.1) is 0 Å². The molecule has 0 N–H and O–H groups in total. The summed E-state index contributed by atoms with van der Waals surface area (Å²) in [7, 11) is 0. The highest BCUT2D eigenvalue weighted by Gasteiger charge is 2.38. The van der Waals surface area contributed by atoms with E-state index in [1.807, 2.05) is 22.6 Å². The minimum Gasteiger partial charge on any atom is -0.419 e. The topological polar surface area (TPSA) is 52.6 Å². The van der Waals surface area contributed by atoms with Gasteiger partial charge >= 0.3 is 11.9 Å². The van der Waals surface area contributed by atoms with E-state index in [9.17, 15) is 14.0 Å². The molecule has 1 aliphatic heterocycles. The number of rotatable bonds is 1. The van der Waals surface area contributed by atoms with E-state index < -0.39 is 23.5 Å². The van der Waals surface area contributed by atoms with Gasteiger partial charge in [0.2, 0.25) is 0 Å². The van der Waals surface area contributed by atoms with Crippen molar-refractivity contribution in [2.24, 2.45) is 0 Å². The third-order valence-corrected chi connectivity index (χ3v) is 4.12. The lowest BCUT2D eigenvalue weighted by Crippen LogP contribution is -2.41. The predicted molar refractivity (Wildman–Crippen MR) is 81.1 cm³/mol. The van der Waals surface area contributed by atoms with Gasteiger partial charge in [0.25, 0.3) is 5.79 Å². The molecule has 1 saturated heterocycles. The summed E-state index contributed by atoms with van der Waals surface area (Å²) >= 11 is 4.93. The van der Waals surface area contributed by atoms with Crippen LogP contribution in [0.15, 0.2) is 22.2 Å². The van der Waals surface area contributed by atoms with Crippen LogP contribution in [0.25, 0.3) is 6.08 Å². The minimum atomic E-state index is -1.29. The second-order valence-electron chi connectivity index (χ2n) is 4.50. The summed E-state index contributed by atoms with van der Waals surface area (Å²) in [5.41, 5.74) is 0.0807. The summed E-state index contributed by atoms with van der Waals surface area (Å²) in [5.74, 6) is -3.34. The van der Waals surface area contributed by atoms with Gasteiger partial charge in [-0.1, -0.05) is 6.07 Å². The highest BCUT2D eigenvalue weighted by molar-refractivity contribution is 14.1. The van der Waals surface area contributed by atoms with Gasteiger partial charge in [-0.3, -0.25) is 0 Å². The Bertz CT molecular complexity index is 618. The van der Waals surface area contributed by atoms with Crippen LogP contribution < -0.4 is 0 Å². The first-order chi connectivity index (χ1) is 9.21. The summed E-state index contributed by atoms with van der Waals surface area (Å²) in [5, 5.41) is 0. The van der Waals surface area contributed by atoms with Crippen molar-refractivity contribution in [2.75, 3.05) is 0 Å². The van der Waals surface area contributed by atoms with Gasteiger partial charge in [-0.05, 0) is 56.2 Å². The third kappa shape index (κ3) is 3.03. The zero-order valence-corrected chi connectivity index (χ0v) is 14.2. The van der Waals surface area contributed by atoms with Crippen molar-refractivity contribution in [2.45, 2.75) is 19.6 Å². The molecule has 4 nitrogen and oxygen atoms in total. The predicted octanol–water partition coefficient (Wildman–Crippen LogP) is 3.41. The first kappa shape index (κ1) is 15.4. The summed E-state index contributed by atoms with van der Waals surface area (Å²) in [6, 6.07) is 3.12. The van der Waals surface area contributed by atoms with Crippen LogP contribution in [0.4, 0.5) is 4.39 Å².